The fraction of sp³-hybridized carbons (Fsp3) is 0.400. The standard InChI is InChI=1S/C20H26N2O2.BrH/c1-17(20(24)18-11-5-2-6-12-18)21-19(23)13-7-3-8-14-22-15-9-4-10-16-22;/h2,4-6,9-12,15-17,20,24H,3,7-8,13-14H2,1H3;1H/t17-,20+;/m1./s1. The Kier molecular flexibility index (Phi) is 10.0. The van der Waals surface area contributed by atoms with Gasteiger partial charge in [0.05, 0.1) is 12.1 Å². The maximum Gasteiger partial charge on any atom is 0.220 e. The zero-order valence-corrected chi connectivity index (χ0v) is 16.2. The van der Waals surface area contributed by atoms with Gasteiger partial charge in [0.15, 0.2) is 12.4 Å². The minimum atomic E-state index is -0.676. The van der Waals surface area contributed by atoms with E-state index in [0.717, 1.165) is 31.4 Å². The SMILES string of the molecule is C[C@@H](NC(=O)CCCCC[n+]1ccccc1)[C@H](O)c1ccccc1.[Br-]. The summed E-state index contributed by atoms with van der Waals surface area (Å²) in [6.45, 7) is 2.81. The van der Waals surface area contributed by atoms with Crippen LogP contribution in [0.25, 0.3) is 0 Å². The number of nitrogens with zero attached hydrogens (tertiary/aromatic N) is 1. The second-order valence-corrected chi connectivity index (χ2v) is 6.14. The van der Waals surface area contributed by atoms with Gasteiger partial charge in [-0.05, 0) is 25.3 Å². The summed E-state index contributed by atoms with van der Waals surface area (Å²) < 4.78 is 2.15. The number of hydrogen-bond acceptors (Lipinski definition) is 2. The number of aryl methyl sites for hydroxylation is 1. The largest absolute Gasteiger partial charge is 1.00 e. The summed E-state index contributed by atoms with van der Waals surface area (Å²) in [7, 11) is 0. The number of carbonyl (C=O) groups is 1. The number of pyridine rings is 1. The number of aromatic nitrogens is 1. The van der Waals surface area contributed by atoms with Crippen LogP contribution in [0.2, 0.25) is 0 Å². The third-order valence-corrected chi connectivity index (χ3v) is 4.10. The summed E-state index contributed by atoms with van der Waals surface area (Å²) in [4.78, 5) is 12.0. The highest BCUT2D eigenvalue weighted by molar-refractivity contribution is 5.76. The highest BCUT2D eigenvalue weighted by Crippen LogP contribution is 2.16. The Labute approximate surface area is 160 Å². The van der Waals surface area contributed by atoms with Gasteiger partial charge in [-0.25, -0.2) is 4.57 Å². The highest BCUT2D eigenvalue weighted by atomic mass is 79.9. The quantitative estimate of drug-likeness (QED) is 0.446. The van der Waals surface area contributed by atoms with Gasteiger partial charge in [0.25, 0.3) is 0 Å². The van der Waals surface area contributed by atoms with Crippen LogP contribution in [0.15, 0.2) is 60.9 Å². The van der Waals surface area contributed by atoms with Gasteiger partial charge in [0.1, 0.15) is 6.54 Å². The summed E-state index contributed by atoms with van der Waals surface area (Å²) in [5.74, 6) is 0.00449. The third kappa shape index (κ3) is 7.80. The zero-order chi connectivity index (χ0) is 17.2. The average Bonchev–Trinajstić information content (AvgIpc) is 2.62. The first-order chi connectivity index (χ1) is 11.7. The van der Waals surface area contributed by atoms with Crippen LogP contribution in [0.1, 0.15) is 44.3 Å². The number of unbranched alkanes of at least 4 members (excludes halogenated alkanes) is 2. The smallest absolute Gasteiger partial charge is 0.220 e. The Morgan fingerprint density at radius 2 is 1.68 bits per heavy atom. The second kappa shape index (κ2) is 11.8. The number of benzene rings is 1. The lowest BCUT2D eigenvalue weighted by molar-refractivity contribution is -0.697. The Balaban J connectivity index is 0.00000312. The summed E-state index contributed by atoms with van der Waals surface area (Å²) in [5, 5.41) is 13.1. The van der Waals surface area contributed by atoms with Crippen LogP contribution < -0.4 is 26.9 Å². The zero-order valence-electron chi connectivity index (χ0n) is 14.6. The van der Waals surface area contributed by atoms with Gasteiger partial charge in [0, 0.05) is 25.0 Å². The third-order valence-electron chi connectivity index (χ3n) is 4.10. The molecule has 25 heavy (non-hydrogen) atoms. The molecule has 0 bridgehead atoms. The monoisotopic (exact) mass is 406 g/mol. The summed E-state index contributed by atoms with van der Waals surface area (Å²) in [6.07, 6.45) is 6.89. The Morgan fingerprint density at radius 3 is 2.36 bits per heavy atom. The van der Waals surface area contributed by atoms with Crippen molar-refractivity contribution in [2.24, 2.45) is 0 Å². The van der Waals surface area contributed by atoms with E-state index in [1.54, 1.807) is 0 Å². The van der Waals surface area contributed by atoms with Crippen molar-refractivity contribution in [1.82, 2.24) is 5.32 Å². The fourth-order valence-electron chi connectivity index (χ4n) is 2.68. The number of rotatable bonds is 9. The van der Waals surface area contributed by atoms with E-state index in [-0.39, 0.29) is 28.9 Å². The molecule has 0 saturated heterocycles. The van der Waals surface area contributed by atoms with Crippen LogP contribution in [-0.4, -0.2) is 17.1 Å². The van der Waals surface area contributed by atoms with Gasteiger partial charge in [-0.15, -0.1) is 0 Å². The Morgan fingerprint density at radius 1 is 1.04 bits per heavy atom. The van der Waals surface area contributed by atoms with Crippen LogP contribution in [0.3, 0.4) is 0 Å². The van der Waals surface area contributed by atoms with Gasteiger partial charge in [-0.3, -0.25) is 4.79 Å². The molecule has 1 aromatic carbocycles. The van der Waals surface area contributed by atoms with Gasteiger partial charge in [-0.2, -0.15) is 0 Å². The van der Waals surface area contributed by atoms with E-state index in [1.807, 2.05) is 55.5 Å². The molecule has 0 fully saturated rings. The van der Waals surface area contributed by atoms with Gasteiger partial charge in [-0.1, -0.05) is 36.4 Å². The van der Waals surface area contributed by atoms with E-state index in [4.69, 9.17) is 0 Å². The molecule has 5 heteroatoms. The van der Waals surface area contributed by atoms with Gasteiger partial charge in [0.2, 0.25) is 5.91 Å². The van der Waals surface area contributed by atoms with Crippen molar-refractivity contribution in [3.63, 3.8) is 0 Å². The first-order valence-corrected chi connectivity index (χ1v) is 8.63. The fourth-order valence-corrected chi connectivity index (χ4v) is 2.68. The molecular formula is C20H27BrN2O2. The molecule has 1 heterocycles. The maximum absolute atomic E-state index is 12.0. The van der Waals surface area contributed by atoms with E-state index in [9.17, 15) is 9.90 Å². The molecule has 0 aliphatic carbocycles. The lowest BCUT2D eigenvalue weighted by Gasteiger charge is -2.20. The Bertz CT molecular complexity index is 608. The van der Waals surface area contributed by atoms with Crippen molar-refractivity contribution in [1.29, 1.82) is 0 Å². The summed E-state index contributed by atoms with van der Waals surface area (Å²) in [5.41, 5.74) is 0.824. The Hall–Kier alpha value is -1.72. The molecule has 4 nitrogen and oxygen atoms in total. The molecule has 0 spiro atoms. The van der Waals surface area contributed by atoms with Crippen LogP contribution in [-0.2, 0) is 11.3 Å². The van der Waals surface area contributed by atoms with Crippen LogP contribution in [0, 0.1) is 0 Å². The molecular weight excluding hydrogens is 380 g/mol. The normalized spacial score (nSPS) is 12.7. The second-order valence-electron chi connectivity index (χ2n) is 6.14. The molecule has 136 valence electrons. The van der Waals surface area contributed by atoms with Crippen LogP contribution >= 0.6 is 0 Å². The molecule has 1 aromatic heterocycles. The predicted octanol–water partition coefficient (Wildman–Crippen LogP) is -0.223. The molecule has 1 amide bonds. The topological polar surface area (TPSA) is 53.2 Å². The number of aliphatic hydroxyl groups excluding tert-OH is 1. The number of hydrogen-bond donors (Lipinski definition) is 2. The lowest BCUT2D eigenvalue weighted by Crippen LogP contribution is -3.00. The van der Waals surface area contributed by atoms with E-state index in [0.29, 0.717) is 6.42 Å². The molecule has 0 radical (unpaired) electrons. The number of aliphatic hydroxyl groups is 1. The van der Waals surface area contributed by atoms with Crippen molar-refractivity contribution >= 4 is 5.91 Å². The number of amides is 1. The van der Waals surface area contributed by atoms with Crippen LogP contribution in [0.5, 0.6) is 0 Å². The van der Waals surface area contributed by atoms with E-state index in [2.05, 4.69) is 22.3 Å². The lowest BCUT2D eigenvalue weighted by atomic mass is 10.0. The molecule has 0 aliphatic rings. The number of nitrogens with one attached hydrogen (secondary N) is 1. The van der Waals surface area contributed by atoms with Crippen molar-refractivity contribution < 1.29 is 31.4 Å². The average molecular weight is 407 g/mol. The summed E-state index contributed by atoms with van der Waals surface area (Å²) >= 11 is 0. The molecule has 2 aromatic rings. The number of halogens is 1. The molecule has 0 saturated carbocycles. The van der Waals surface area contributed by atoms with E-state index in [1.165, 1.54) is 0 Å². The van der Waals surface area contributed by atoms with Gasteiger partial charge < -0.3 is 27.4 Å². The first-order valence-electron chi connectivity index (χ1n) is 8.63. The molecule has 0 aliphatic heterocycles. The van der Waals surface area contributed by atoms with E-state index < -0.39 is 6.10 Å². The van der Waals surface area contributed by atoms with Gasteiger partial charge >= 0.3 is 0 Å². The van der Waals surface area contributed by atoms with Crippen molar-refractivity contribution in [3.05, 3.63) is 66.5 Å². The van der Waals surface area contributed by atoms with E-state index >= 15 is 0 Å². The summed E-state index contributed by atoms with van der Waals surface area (Å²) in [6, 6.07) is 15.2. The minimum absolute atomic E-state index is 0. The molecule has 2 atom stereocenters. The van der Waals surface area contributed by atoms with Crippen molar-refractivity contribution in [2.75, 3.05) is 0 Å². The maximum atomic E-state index is 12.0. The highest BCUT2D eigenvalue weighted by Gasteiger charge is 2.17. The number of carbonyl (C=O) groups excluding carboxylic acids is 1. The predicted molar refractivity (Wildman–Crippen MR) is 94.1 cm³/mol. The van der Waals surface area contributed by atoms with Crippen molar-refractivity contribution in [2.45, 2.75) is 51.3 Å². The molecule has 2 rings (SSSR count). The van der Waals surface area contributed by atoms with Crippen molar-refractivity contribution in [3.8, 4) is 0 Å². The molecule has 0 unspecified atom stereocenters. The molecule has 2 N–H and O–H groups in total. The first kappa shape index (κ1) is 21.3. The minimum Gasteiger partial charge on any atom is -1.00 e. The van der Waals surface area contributed by atoms with Crippen LogP contribution in [0.4, 0.5) is 0 Å².